The maximum atomic E-state index is 13.7. The van der Waals surface area contributed by atoms with Crippen LogP contribution in [0.2, 0.25) is 0 Å². The number of amides is 2. The molecule has 0 unspecified atom stereocenters. The van der Waals surface area contributed by atoms with E-state index in [-0.39, 0.29) is 11.8 Å². The number of carbonyl (C=O) groups is 2. The van der Waals surface area contributed by atoms with E-state index in [0.717, 1.165) is 24.1 Å². The van der Waals surface area contributed by atoms with Gasteiger partial charge >= 0.3 is 0 Å². The van der Waals surface area contributed by atoms with Crippen LogP contribution in [0.15, 0.2) is 78.9 Å². The van der Waals surface area contributed by atoms with E-state index in [0.29, 0.717) is 18.0 Å². The second-order valence-electron chi connectivity index (χ2n) is 8.61. The van der Waals surface area contributed by atoms with Crippen molar-refractivity contribution in [3.8, 4) is 5.75 Å². The lowest BCUT2D eigenvalue weighted by Crippen LogP contribution is -2.37. The lowest BCUT2D eigenvalue weighted by atomic mass is 9.90. The van der Waals surface area contributed by atoms with Crippen LogP contribution in [0.4, 0.5) is 11.4 Å². The predicted molar refractivity (Wildman–Crippen MR) is 131 cm³/mol. The maximum absolute atomic E-state index is 13.7. The van der Waals surface area contributed by atoms with Gasteiger partial charge in [-0.15, -0.1) is 0 Å². The van der Waals surface area contributed by atoms with Gasteiger partial charge in [-0.25, -0.2) is 9.96 Å². The molecule has 0 aliphatic carbocycles. The third kappa shape index (κ3) is 3.84. The molecule has 0 radical (unpaired) electrons. The molecule has 2 heterocycles. The summed E-state index contributed by atoms with van der Waals surface area (Å²) in [6.45, 7) is 4.77. The Labute approximate surface area is 199 Å². The average molecular weight is 457 g/mol. The standard InChI is InChI=1S/C28H28N2O4/c1-3-18-33-23-16-14-21(15-17-23)29-27(31)24-25(20-12-10-19(4-2)11-13-20)30(34-26(24)28(29)32)22-8-6-5-7-9-22/h5-17,24-26H,3-4,18H2,1-2H3/t24-,25-,26+/m0/s1. The first-order chi connectivity index (χ1) is 16.6. The van der Waals surface area contributed by atoms with Crippen LogP contribution in [-0.2, 0) is 20.8 Å². The lowest BCUT2D eigenvalue weighted by molar-refractivity contribution is -0.126. The number of fused-ring (bicyclic) bond motifs is 1. The van der Waals surface area contributed by atoms with Gasteiger partial charge in [0.1, 0.15) is 11.7 Å². The van der Waals surface area contributed by atoms with Crippen molar-refractivity contribution in [2.45, 2.75) is 38.8 Å². The summed E-state index contributed by atoms with van der Waals surface area (Å²) in [6, 6.07) is 24.5. The predicted octanol–water partition coefficient (Wildman–Crippen LogP) is 5.09. The van der Waals surface area contributed by atoms with E-state index < -0.39 is 18.1 Å². The first-order valence-corrected chi connectivity index (χ1v) is 11.8. The molecule has 0 aromatic heterocycles. The fourth-order valence-electron chi connectivity index (χ4n) is 4.67. The Morgan fingerprint density at radius 1 is 0.824 bits per heavy atom. The van der Waals surface area contributed by atoms with Crippen LogP contribution in [0.3, 0.4) is 0 Å². The van der Waals surface area contributed by atoms with Crippen LogP contribution in [0, 0.1) is 5.92 Å². The van der Waals surface area contributed by atoms with Gasteiger partial charge < -0.3 is 4.74 Å². The summed E-state index contributed by atoms with van der Waals surface area (Å²) in [5.74, 6) is -0.521. The molecule has 5 rings (SSSR count). The van der Waals surface area contributed by atoms with Crippen LogP contribution in [0.25, 0.3) is 0 Å². The summed E-state index contributed by atoms with van der Waals surface area (Å²) in [5, 5.41) is 1.73. The topological polar surface area (TPSA) is 59.1 Å². The minimum absolute atomic E-state index is 0.250. The number of benzene rings is 3. The van der Waals surface area contributed by atoms with Crippen LogP contribution in [-0.4, -0.2) is 24.5 Å². The number of anilines is 2. The first kappa shape index (κ1) is 22.2. The first-order valence-electron chi connectivity index (χ1n) is 11.8. The van der Waals surface area contributed by atoms with Crippen molar-refractivity contribution in [1.82, 2.24) is 0 Å². The van der Waals surface area contributed by atoms with Gasteiger partial charge in [-0.3, -0.25) is 14.4 Å². The minimum atomic E-state index is -0.875. The number of nitrogens with zero attached hydrogens (tertiary/aromatic N) is 2. The van der Waals surface area contributed by atoms with Gasteiger partial charge in [0.2, 0.25) is 5.91 Å². The van der Waals surface area contributed by atoms with Gasteiger partial charge in [0.05, 0.1) is 24.0 Å². The Morgan fingerprint density at radius 3 is 2.18 bits per heavy atom. The summed E-state index contributed by atoms with van der Waals surface area (Å²) in [7, 11) is 0. The van der Waals surface area contributed by atoms with Crippen molar-refractivity contribution >= 4 is 23.2 Å². The largest absolute Gasteiger partial charge is 0.494 e. The maximum Gasteiger partial charge on any atom is 0.266 e. The summed E-state index contributed by atoms with van der Waals surface area (Å²) in [4.78, 5) is 34.6. The fourth-order valence-corrected chi connectivity index (χ4v) is 4.67. The highest BCUT2D eigenvalue weighted by Crippen LogP contribution is 2.47. The number of hydrogen-bond donors (Lipinski definition) is 0. The zero-order valence-corrected chi connectivity index (χ0v) is 19.4. The quantitative estimate of drug-likeness (QED) is 0.464. The minimum Gasteiger partial charge on any atom is -0.494 e. The Hall–Kier alpha value is -3.64. The molecule has 34 heavy (non-hydrogen) atoms. The van der Waals surface area contributed by atoms with Crippen molar-refractivity contribution < 1.29 is 19.2 Å². The number of carbonyl (C=O) groups excluding carboxylic acids is 2. The number of ether oxygens (including phenoxy) is 1. The summed E-state index contributed by atoms with van der Waals surface area (Å²) >= 11 is 0. The molecule has 2 saturated heterocycles. The molecule has 2 aliphatic heterocycles. The second kappa shape index (κ2) is 9.31. The van der Waals surface area contributed by atoms with Gasteiger partial charge in [-0.2, -0.15) is 0 Å². The third-order valence-electron chi connectivity index (χ3n) is 6.42. The monoisotopic (exact) mass is 456 g/mol. The van der Waals surface area contributed by atoms with Crippen molar-refractivity contribution in [3.63, 3.8) is 0 Å². The van der Waals surface area contributed by atoms with E-state index in [9.17, 15) is 9.59 Å². The zero-order chi connectivity index (χ0) is 23.7. The van der Waals surface area contributed by atoms with E-state index in [2.05, 4.69) is 19.1 Å². The molecule has 2 aliphatic rings. The van der Waals surface area contributed by atoms with Crippen molar-refractivity contribution in [2.75, 3.05) is 16.6 Å². The van der Waals surface area contributed by atoms with Crippen molar-refractivity contribution in [3.05, 3.63) is 90.0 Å². The molecule has 3 aromatic rings. The lowest BCUT2D eigenvalue weighted by Gasteiger charge is -2.29. The van der Waals surface area contributed by atoms with Crippen molar-refractivity contribution in [2.24, 2.45) is 5.92 Å². The molecule has 0 spiro atoms. The SMILES string of the molecule is CCCOc1ccc(N2C(=O)[C@@H]3[C@@H](ON(c4ccccc4)[C@H]3c3ccc(CC)cc3)C2=O)cc1. The number of rotatable bonds is 7. The van der Waals surface area contributed by atoms with Crippen LogP contribution in [0.1, 0.15) is 37.4 Å². The number of aryl methyl sites for hydroxylation is 1. The molecular weight excluding hydrogens is 428 g/mol. The van der Waals surface area contributed by atoms with E-state index in [1.165, 1.54) is 10.5 Å². The van der Waals surface area contributed by atoms with Gasteiger partial charge in [-0.1, -0.05) is 56.3 Å². The summed E-state index contributed by atoms with van der Waals surface area (Å²) in [5.41, 5.74) is 3.50. The van der Waals surface area contributed by atoms with Gasteiger partial charge in [0, 0.05) is 0 Å². The molecule has 2 amide bonds. The molecule has 0 saturated carbocycles. The zero-order valence-electron chi connectivity index (χ0n) is 19.4. The number of imide groups is 1. The summed E-state index contributed by atoms with van der Waals surface area (Å²) in [6.07, 6.45) is 0.961. The highest BCUT2D eigenvalue weighted by atomic mass is 16.7. The van der Waals surface area contributed by atoms with E-state index in [1.807, 2.05) is 49.4 Å². The molecule has 0 bridgehead atoms. The number of hydrogen-bond acceptors (Lipinski definition) is 5. The van der Waals surface area contributed by atoms with Crippen LogP contribution >= 0.6 is 0 Å². The van der Waals surface area contributed by atoms with Gasteiger partial charge in [0.15, 0.2) is 6.10 Å². The highest BCUT2D eigenvalue weighted by Gasteiger charge is 2.60. The highest BCUT2D eigenvalue weighted by molar-refractivity contribution is 6.23. The molecular formula is C28H28N2O4. The molecule has 0 N–H and O–H groups in total. The Kier molecular flexibility index (Phi) is 6.07. The molecule has 2 fully saturated rings. The Bertz CT molecular complexity index is 1160. The van der Waals surface area contributed by atoms with E-state index in [4.69, 9.17) is 9.57 Å². The third-order valence-corrected chi connectivity index (χ3v) is 6.42. The van der Waals surface area contributed by atoms with Crippen molar-refractivity contribution in [1.29, 1.82) is 0 Å². The smallest absolute Gasteiger partial charge is 0.266 e. The van der Waals surface area contributed by atoms with Crippen LogP contribution in [0.5, 0.6) is 5.75 Å². The fraction of sp³-hybridized carbons (Fsp3) is 0.286. The summed E-state index contributed by atoms with van der Waals surface area (Å²) < 4.78 is 5.64. The second-order valence-corrected chi connectivity index (χ2v) is 8.61. The number of hydroxylamine groups is 1. The van der Waals surface area contributed by atoms with Gasteiger partial charge in [0.25, 0.3) is 5.91 Å². The number of para-hydroxylation sites is 1. The Morgan fingerprint density at radius 2 is 1.53 bits per heavy atom. The molecule has 6 nitrogen and oxygen atoms in total. The van der Waals surface area contributed by atoms with E-state index >= 15 is 0 Å². The molecule has 3 aromatic carbocycles. The average Bonchev–Trinajstić information content (AvgIpc) is 3.39. The van der Waals surface area contributed by atoms with Crippen LogP contribution < -0.4 is 14.7 Å². The molecule has 174 valence electrons. The van der Waals surface area contributed by atoms with E-state index in [1.54, 1.807) is 29.3 Å². The molecule has 3 atom stereocenters. The normalized spacial score (nSPS) is 21.8. The molecule has 6 heteroatoms. The Balaban J connectivity index is 1.49. The van der Waals surface area contributed by atoms with Gasteiger partial charge in [-0.05, 0) is 60.4 Å².